The molecule has 4 bridgehead atoms. The summed E-state index contributed by atoms with van der Waals surface area (Å²) in [6, 6.07) is 7.96. The second-order valence-electron chi connectivity index (χ2n) is 9.36. The summed E-state index contributed by atoms with van der Waals surface area (Å²) < 4.78 is 0. The van der Waals surface area contributed by atoms with E-state index in [2.05, 4.69) is 24.5 Å². The third-order valence-corrected chi connectivity index (χ3v) is 6.28. The maximum absolute atomic E-state index is 12.6. The van der Waals surface area contributed by atoms with E-state index in [0.29, 0.717) is 10.8 Å². The molecule has 0 saturated heterocycles. The first kappa shape index (κ1) is 15.0. The van der Waals surface area contributed by atoms with Crippen LogP contribution in [0, 0.1) is 23.7 Å². The van der Waals surface area contributed by atoms with Gasteiger partial charge in [0.2, 0.25) is 0 Å². The van der Waals surface area contributed by atoms with Crippen molar-refractivity contribution < 1.29 is 4.79 Å². The Bertz CT molecular complexity index is 635. The van der Waals surface area contributed by atoms with E-state index < -0.39 is 0 Å². The van der Waals surface area contributed by atoms with Gasteiger partial charge in [-0.1, -0.05) is 26.0 Å². The highest BCUT2D eigenvalue weighted by atomic mass is 16.2. The highest BCUT2D eigenvalue weighted by Crippen LogP contribution is 2.66. The van der Waals surface area contributed by atoms with Crippen molar-refractivity contribution in [2.75, 3.05) is 5.32 Å². The lowest BCUT2D eigenvalue weighted by molar-refractivity contribution is -0.113. The van der Waals surface area contributed by atoms with Crippen molar-refractivity contribution in [3.8, 4) is 0 Å². The summed E-state index contributed by atoms with van der Waals surface area (Å²) in [4.78, 5) is 12.6. The first-order valence-electron chi connectivity index (χ1n) is 8.93. The molecule has 0 radical (unpaired) electrons. The highest BCUT2D eigenvalue weighted by molar-refractivity contribution is 5.89. The number of rotatable bonds is 2. The largest absolute Gasteiger partial charge is 0.332 e. The van der Waals surface area contributed by atoms with E-state index in [4.69, 9.17) is 0 Å². The van der Waals surface area contributed by atoms with Crippen LogP contribution in [0.3, 0.4) is 0 Å². The third kappa shape index (κ3) is 2.75. The summed E-state index contributed by atoms with van der Waals surface area (Å²) in [5, 5.41) is 6.43. The van der Waals surface area contributed by atoms with Gasteiger partial charge in [0.25, 0.3) is 0 Å². The van der Waals surface area contributed by atoms with Gasteiger partial charge in [0.1, 0.15) is 0 Å². The Labute approximate surface area is 139 Å². The van der Waals surface area contributed by atoms with Crippen molar-refractivity contribution in [2.45, 2.75) is 64.8 Å². The Kier molecular flexibility index (Phi) is 3.11. The van der Waals surface area contributed by atoms with E-state index in [9.17, 15) is 4.79 Å². The van der Waals surface area contributed by atoms with Crippen molar-refractivity contribution in [3.05, 3.63) is 29.8 Å². The number of urea groups is 1. The molecule has 3 nitrogen and oxygen atoms in total. The van der Waals surface area contributed by atoms with E-state index in [1.807, 2.05) is 31.2 Å². The molecule has 4 aliphatic rings. The van der Waals surface area contributed by atoms with Crippen LogP contribution < -0.4 is 10.6 Å². The van der Waals surface area contributed by atoms with E-state index in [1.54, 1.807) is 0 Å². The van der Waals surface area contributed by atoms with Crippen LogP contribution in [0.1, 0.15) is 57.9 Å². The lowest BCUT2D eigenvalue weighted by Gasteiger charge is -2.65. The topological polar surface area (TPSA) is 41.1 Å². The van der Waals surface area contributed by atoms with Crippen molar-refractivity contribution in [1.82, 2.24) is 5.32 Å². The zero-order chi connectivity index (χ0) is 16.3. The number of benzene rings is 1. The maximum Gasteiger partial charge on any atom is 0.319 e. The zero-order valence-electron chi connectivity index (χ0n) is 14.5. The molecule has 2 atom stereocenters. The quantitative estimate of drug-likeness (QED) is 0.804. The summed E-state index contributed by atoms with van der Waals surface area (Å²) in [7, 11) is 0. The van der Waals surface area contributed by atoms with Crippen LogP contribution in [0.5, 0.6) is 0 Å². The molecule has 23 heavy (non-hydrogen) atoms. The van der Waals surface area contributed by atoms with E-state index in [1.165, 1.54) is 25.7 Å². The van der Waals surface area contributed by atoms with Gasteiger partial charge in [-0.3, -0.25) is 0 Å². The second kappa shape index (κ2) is 4.75. The van der Waals surface area contributed by atoms with Crippen molar-refractivity contribution in [2.24, 2.45) is 16.7 Å². The van der Waals surface area contributed by atoms with Crippen LogP contribution in [0.4, 0.5) is 10.5 Å². The molecule has 124 valence electrons. The Morgan fingerprint density at radius 1 is 1.09 bits per heavy atom. The fourth-order valence-electron chi connectivity index (χ4n) is 6.71. The molecule has 2 unspecified atom stereocenters. The molecule has 2 N–H and O–H groups in total. The number of carbonyl (C=O) groups excluding carboxylic acids is 1. The van der Waals surface area contributed by atoms with Crippen LogP contribution in [-0.2, 0) is 0 Å². The number of amides is 2. The summed E-state index contributed by atoms with van der Waals surface area (Å²) in [5.74, 6) is 0.792. The molecule has 0 heterocycles. The Morgan fingerprint density at radius 2 is 1.78 bits per heavy atom. The summed E-state index contributed by atoms with van der Waals surface area (Å²) >= 11 is 0. The summed E-state index contributed by atoms with van der Waals surface area (Å²) in [5.41, 5.74) is 2.90. The van der Waals surface area contributed by atoms with Crippen LogP contribution in [0.2, 0.25) is 0 Å². The smallest absolute Gasteiger partial charge is 0.319 e. The number of hydrogen-bond donors (Lipinski definition) is 2. The standard InChI is InChI=1S/C20H28N2O/c1-14-5-4-6-16(7-14)21-17(23)22-20-10-15-8-18(2,12-20)11-19(3,9-15)13-20/h4-7,15H,8-13H2,1-3H3,(H2,21,22,23). The zero-order valence-corrected chi connectivity index (χ0v) is 14.5. The van der Waals surface area contributed by atoms with Gasteiger partial charge in [-0.25, -0.2) is 4.79 Å². The average molecular weight is 312 g/mol. The van der Waals surface area contributed by atoms with Gasteiger partial charge in [-0.15, -0.1) is 0 Å². The minimum absolute atomic E-state index is 0.0107. The Balaban J connectivity index is 1.51. The van der Waals surface area contributed by atoms with Crippen LogP contribution in [-0.4, -0.2) is 11.6 Å². The molecular formula is C20H28N2O. The molecule has 1 aromatic rings. The van der Waals surface area contributed by atoms with Crippen molar-refractivity contribution in [3.63, 3.8) is 0 Å². The molecule has 5 rings (SSSR count). The molecule has 4 aliphatic carbocycles. The number of anilines is 1. The first-order chi connectivity index (χ1) is 10.8. The Morgan fingerprint density at radius 3 is 2.39 bits per heavy atom. The van der Waals surface area contributed by atoms with Gasteiger partial charge in [0.15, 0.2) is 0 Å². The third-order valence-electron chi connectivity index (χ3n) is 6.28. The monoisotopic (exact) mass is 312 g/mol. The van der Waals surface area contributed by atoms with Gasteiger partial charge >= 0.3 is 6.03 Å². The van der Waals surface area contributed by atoms with Crippen LogP contribution in [0.25, 0.3) is 0 Å². The minimum atomic E-state index is -0.0373. The molecule has 4 saturated carbocycles. The number of carbonyl (C=O) groups is 1. The van der Waals surface area contributed by atoms with Crippen molar-refractivity contribution >= 4 is 11.7 Å². The predicted molar refractivity (Wildman–Crippen MR) is 93.5 cm³/mol. The molecule has 0 aliphatic heterocycles. The second-order valence-corrected chi connectivity index (χ2v) is 9.36. The predicted octanol–water partition coefficient (Wildman–Crippen LogP) is 4.87. The van der Waals surface area contributed by atoms with Crippen LogP contribution in [0.15, 0.2) is 24.3 Å². The fraction of sp³-hybridized carbons (Fsp3) is 0.650. The van der Waals surface area contributed by atoms with Gasteiger partial charge in [-0.2, -0.15) is 0 Å². The molecular weight excluding hydrogens is 284 g/mol. The molecule has 2 amide bonds. The summed E-state index contributed by atoms with van der Waals surface area (Å²) in [6.07, 6.45) is 7.50. The molecule has 0 spiro atoms. The maximum atomic E-state index is 12.6. The van der Waals surface area contributed by atoms with E-state index in [-0.39, 0.29) is 11.6 Å². The fourth-order valence-corrected chi connectivity index (χ4v) is 6.71. The van der Waals surface area contributed by atoms with E-state index >= 15 is 0 Å². The SMILES string of the molecule is Cc1cccc(NC(=O)NC23CC4CC(C)(CC(C)(C4)C2)C3)c1. The van der Waals surface area contributed by atoms with Gasteiger partial charge in [-0.05, 0) is 79.9 Å². The number of nitrogens with one attached hydrogen (secondary N) is 2. The van der Waals surface area contributed by atoms with E-state index in [0.717, 1.165) is 30.0 Å². The lowest BCUT2D eigenvalue weighted by atomic mass is 9.43. The molecule has 1 aromatic carbocycles. The van der Waals surface area contributed by atoms with Crippen LogP contribution >= 0.6 is 0 Å². The minimum Gasteiger partial charge on any atom is -0.332 e. The molecule has 0 aromatic heterocycles. The normalized spacial score (nSPS) is 40.9. The van der Waals surface area contributed by atoms with Gasteiger partial charge in [0.05, 0.1) is 0 Å². The van der Waals surface area contributed by atoms with Gasteiger partial charge in [0, 0.05) is 11.2 Å². The lowest BCUT2D eigenvalue weighted by Crippen LogP contribution is -2.65. The molecule has 3 heteroatoms. The van der Waals surface area contributed by atoms with Gasteiger partial charge < -0.3 is 10.6 Å². The number of hydrogen-bond acceptors (Lipinski definition) is 1. The highest BCUT2D eigenvalue weighted by Gasteiger charge is 2.60. The average Bonchev–Trinajstić information content (AvgIpc) is 2.32. The Hall–Kier alpha value is -1.51. The summed E-state index contributed by atoms with van der Waals surface area (Å²) in [6.45, 7) is 6.92. The van der Waals surface area contributed by atoms with Crippen molar-refractivity contribution in [1.29, 1.82) is 0 Å². The molecule has 4 fully saturated rings. The number of aryl methyl sites for hydroxylation is 1. The first-order valence-corrected chi connectivity index (χ1v) is 8.93.